The fourth-order valence-electron chi connectivity index (χ4n) is 1.53. The molecule has 7 nitrogen and oxygen atoms in total. The molecule has 0 aliphatic carbocycles. The molecule has 2 N–H and O–H groups in total. The summed E-state index contributed by atoms with van der Waals surface area (Å²) in [7, 11) is -3.95. The summed E-state index contributed by atoms with van der Waals surface area (Å²) in [5.41, 5.74) is 0.118. The summed E-state index contributed by atoms with van der Waals surface area (Å²) in [6, 6.07) is 4.05. The van der Waals surface area contributed by atoms with Crippen molar-refractivity contribution in [2.24, 2.45) is 0 Å². The molecule has 0 aliphatic rings. The highest BCUT2D eigenvalue weighted by Gasteiger charge is 2.19. The minimum Gasteiger partial charge on any atom is -0.480 e. The Morgan fingerprint density at radius 3 is 2.76 bits per heavy atom. The number of halogens is 2. The number of sulfonamides is 1. The highest BCUT2D eigenvalue weighted by atomic mass is 35.5. The zero-order chi connectivity index (χ0) is 15.6. The monoisotopic (exact) mass is 349 g/mol. The summed E-state index contributed by atoms with van der Waals surface area (Å²) in [6.45, 7) is -0.375. The van der Waals surface area contributed by atoms with Gasteiger partial charge in [0.2, 0.25) is 0 Å². The standard InChI is InChI=1S/C11H9Cl2N3O4S/c12-7-1-2-9(13)10(3-7)21(19,20)15-8-4-14-16(5-8)6-11(17)18/h1-5,15H,6H2,(H,17,18). The van der Waals surface area contributed by atoms with Gasteiger partial charge in [-0.05, 0) is 18.2 Å². The molecule has 0 aliphatic heterocycles. The maximum Gasteiger partial charge on any atom is 0.325 e. The van der Waals surface area contributed by atoms with E-state index in [1.54, 1.807) is 0 Å². The molecule has 0 fully saturated rings. The Morgan fingerprint density at radius 1 is 1.38 bits per heavy atom. The number of carbonyl (C=O) groups is 1. The van der Waals surface area contributed by atoms with Crippen LogP contribution in [0.3, 0.4) is 0 Å². The van der Waals surface area contributed by atoms with Crippen LogP contribution in [-0.2, 0) is 21.4 Å². The van der Waals surface area contributed by atoms with Crippen molar-refractivity contribution >= 4 is 44.9 Å². The molecule has 1 aromatic carbocycles. The molecule has 112 valence electrons. The maximum atomic E-state index is 12.2. The van der Waals surface area contributed by atoms with Crippen molar-refractivity contribution in [1.82, 2.24) is 9.78 Å². The molecule has 1 heterocycles. The Hall–Kier alpha value is -1.77. The highest BCUT2D eigenvalue weighted by Crippen LogP contribution is 2.26. The Labute approximate surface area is 130 Å². The van der Waals surface area contributed by atoms with E-state index in [2.05, 4.69) is 9.82 Å². The summed E-state index contributed by atoms with van der Waals surface area (Å²) >= 11 is 11.6. The molecular formula is C11H9Cl2N3O4S. The third kappa shape index (κ3) is 3.87. The van der Waals surface area contributed by atoms with Crippen molar-refractivity contribution in [1.29, 1.82) is 0 Å². The SMILES string of the molecule is O=C(O)Cn1cc(NS(=O)(=O)c2cc(Cl)ccc2Cl)cn1. The van der Waals surface area contributed by atoms with E-state index in [-0.39, 0.29) is 27.2 Å². The number of rotatable bonds is 5. The first-order valence-electron chi connectivity index (χ1n) is 5.50. The molecule has 10 heteroatoms. The van der Waals surface area contributed by atoms with E-state index in [4.69, 9.17) is 28.3 Å². The molecule has 2 rings (SSSR count). The Morgan fingerprint density at radius 2 is 2.10 bits per heavy atom. The lowest BCUT2D eigenvalue weighted by Gasteiger charge is -2.07. The fraction of sp³-hybridized carbons (Fsp3) is 0.0909. The minimum atomic E-state index is -3.95. The van der Waals surface area contributed by atoms with Crippen molar-refractivity contribution in [3.63, 3.8) is 0 Å². The predicted molar refractivity (Wildman–Crippen MR) is 77.1 cm³/mol. The molecule has 0 atom stereocenters. The van der Waals surface area contributed by atoms with Gasteiger partial charge in [0.1, 0.15) is 11.4 Å². The van der Waals surface area contributed by atoms with Gasteiger partial charge in [-0.1, -0.05) is 23.2 Å². The van der Waals surface area contributed by atoms with Gasteiger partial charge in [-0.15, -0.1) is 0 Å². The molecule has 0 radical (unpaired) electrons. The highest BCUT2D eigenvalue weighted by molar-refractivity contribution is 7.92. The van der Waals surface area contributed by atoms with Crippen LogP contribution in [0.1, 0.15) is 0 Å². The van der Waals surface area contributed by atoms with Crippen molar-refractivity contribution in [3.8, 4) is 0 Å². The predicted octanol–water partition coefficient (Wildman–Crippen LogP) is 2.08. The zero-order valence-electron chi connectivity index (χ0n) is 10.3. The van der Waals surface area contributed by atoms with Crippen molar-refractivity contribution in [2.45, 2.75) is 11.4 Å². The van der Waals surface area contributed by atoms with Crippen LogP contribution < -0.4 is 4.72 Å². The number of hydrogen-bond acceptors (Lipinski definition) is 4. The number of carboxylic acid groups (broad SMARTS) is 1. The van der Waals surface area contributed by atoms with Crippen molar-refractivity contribution in [3.05, 3.63) is 40.6 Å². The smallest absolute Gasteiger partial charge is 0.325 e. The molecule has 0 amide bonds. The lowest BCUT2D eigenvalue weighted by molar-refractivity contribution is -0.137. The largest absolute Gasteiger partial charge is 0.480 e. The van der Waals surface area contributed by atoms with Gasteiger partial charge in [0, 0.05) is 11.2 Å². The van der Waals surface area contributed by atoms with Gasteiger partial charge < -0.3 is 5.11 Å². The minimum absolute atomic E-state index is 0.0184. The molecule has 0 saturated carbocycles. The van der Waals surface area contributed by atoms with E-state index in [9.17, 15) is 13.2 Å². The number of benzene rings is 1. The Bertz CT molecular complexity index is 789. The number of hydrogen-bond donors (Lipinski definition) is 2. The summed E-state index contributed by atoms with van der Waals surface area (Å²) < 4.78 is 27.7. The molecule has 0 bridgehead atoms. The average molecular weight is 350 g/mol. The van der Waals surface area contributed by atoms with Crippen LogP contribution in [-0.4, -0.2) is 29.3 Å². The molecule has 21 heavy (non-hydrogen) atoms. The number of anilines is 1. The summed E-state index contributed by atoms with van der Waals surface area (Å²) in [5.74, 6) is -1.09. The van der Waals surface area contributed by atoms with Crippen LogP contribution in [0.5, 0.6) is 0 Å². The molecule has 2 aromatic rings. The Balaban J connectivity index is 2.27. The van der Waals surface area contributed by atoms with Crippen LogP contribution in [0.15, 0.2) is 35.5 Å². The second kappa shape index (κ2) is 5.92. The van der Waals surface area contributed by atoms with Gasteiger partial charge >= 0.3 is 5.97 Å². The van der Waals surface area contributed by atoms with Gasteiger partial charge in [-0.25, -0.2) is 8.42 Å². The van der Waals surface area contributed by atoms with Crippen LogP contribution >= 0.6 is 23.2 Å². The van der Waals surface area contributed by atoms with Gasteiger partial charge in [-0.3, -0.25) is 14.2 Å². The van der Waals surface area contributed by atoms with E-state index in [0.29, 0.717) is 0 Å². The topological polar surface area (TPSA) is 101 Å². The van der Waals surface area contributed by atoms with Crippen molar-refractivity contribution in [2.75, 3.05) is 4.72 Å². The van der Waals surface area contributed by atoms with Crippen LogP contribution in [0.25, 0.3) is 0 Å². The zero-order valence-corrected chi connectivity index (χ0v) is 12.7. The normalized spacial score (nSPS) is 11.3. The van der Waals surface area contributed by atoms with Crippen LogP contribution in [0.4, 0.5) is 5.69 Å². The average Bonchev–Trinajstić information content (AvgIpc) is 2.77. The number of aliphatic carboxylic acids is 1. The first-order chi connectivity index (χ1) is 9.78. The van der Waals surface area contributed by atoms with Crippen LogP contribution in [0, 0.1) is 0 Å². The second-order valence-corrected chi connectivity index (χ2v) is 6.50. The van der Waals surface area contributed by atoms with Gasteiger partial charge in [0.15, 0.2) is 0 Å². The van der Waals surface area contributed by atoms with E-state index >= 15 is 0 Å². The first-order valence-corrected chi connectivity index (χ1v) is 7.74. The number of nitrogens with one attached hydrogen (secondary N) is 1. The summed E-state index contributed by atoms with van der Waals surface area (Å²) in [5, 5.41) is 12.6. The second-order valence-electron chi connectivity index (χ2n) is 4.00. The lowest BCUT2D eigenvalue weighted by atomic mass is 10.4. The van der Waals surface area contributed by atoms with Gasteiger partial charge in [0.05, 0.1) is 16.9 Å². The summed E-state index contributed by atoms with van der Waals surface area (Å²) in [6.07, 6.45) is 2.45. The van der Waals surface area contributed by atoms with E-state index in [0.717, 1.165) is 4.68 Å². The third-order valence-electron chi connectivity index (χ3n) is 2.37. The summed E-state index contributed by atoms with van der Waals surface area (Å²) in [4.78, 5) is 10.4. The van der Waals surface area contributed by atoms with E-state index in [1.165, 1.54) is 30.6 Å². The molecular weight excluding hydrogens is 341 g/mol. The lowest BCUT2D eigenvalue weighted by Crippen LogP contribution is -2.13. The maximum absolute atomic E-state index is 12.2. The molecule has 1 aromatic heterocycles. The first kappa shape index (κ1) is 15.6. The third-order valence-corrected chi connectivity index (χ3v) is 4.46. The van der Waals surface area contributed by atoms with Gasteiger partial charge in [0.25, 0.3) is 10.0 Å². The van der Waals surface area contributed by atoms with Gasteiger partial charge in [-0.2, -0.15) is 5.10 Å². The van der Waals surface area contributed by atoms with E-state index in [1.807, 2.05) is 0 Å². The van der Waals surface area contributed by atoms with E-state index < -0.39 is 16.0 Å². The molecule has 0 unspecified atom stereocenters. The number of aromatic nitrogens is 2. The quantitative estimate of drug-likeness (QED) is 0.860. The number of carboxylic acids is 1. The Kier molecular flexibility index (Phi) is 4.40. The van der Waals surface area contributed by atoms with Crippen molar-refractivity contribution < 1.29 is 18.3 Å². The fourth-order valence-corrected chi connectivity index (χ4v) is 3.33. The molecule has 0 saturated heterocycles. The van der Waals surface area contributed by atoms with Crippen LogP contribution in [0.2, 0.25) is 10.0 Å². The number of nitrogens with zero attached hydrogens (tertiary/aromatic N) is 2. The molecule has 0 spiro atoms.